The minimum Gasteiger partial charge on any atom is -0.464 e. The molecule has 0 atom stereocenters. The van der Waals surface area contributed by atoms with E-state index >= 15 is 0 Å². The SMILES string of the molecule is COC(=O)c1c(N)c(C#N)cn1-c1ccc2[nH]c(C)c(C)c2c1. The molecule has 3 rings (SSSR count). The Labute approximate surface area is 133 Å². The summed E-state index contributed by atoms with van der Waals surface area (Å²) in [6.45, 7) is 4.04. The average Bonchev–Trinajstić information content (AvgIpc) is 3.03. The van der Waals surface area contributed by atoms with Crippen molar-refractivity contribution < 1.29 is 9.53 Å². The molecule has 1 aromatic carbocycles. The molecule has 116 valence electrons. The van der Waals surface area contributed by atoms with Crippen LogP contribution in [0.1, 0.15) is 27.3 Å². The van der Waals surface area contributed by atoms with Gasteiger partial charge in [-0.1, -0.05) is 0 Å². The highest BCUT2D eigenvalue weighted by Crippen LogP contribution is 2.28. The number of benzene rings is 1. The molecule has 0 aliphatic heterocycles. The Morgan fingerprint density at radius 3 is 2.78 bits per heavy atom. The van der Waals surface area contributed by atoms with Crippen molar-refractivity contribution in [3.63, 3.8) is 0 Å². The molecule has 3 aromatic rings. The summed E-state index contributed by atoms with van der Waals surface area (Å²) < 4.78 is 6.40. The van der Waals surface area contributed by atoms with E-state index in [1.807, 2.05) is 38.1 Å². The maximum atomic E-state index is 12.1. The number of carbonyl (C=O) groups excluding carboxylic acids is 1. The molecule has 3 N–H and O–H groups in total. The number of nitrogens with zero attached hydrogens (tertiary/aromatic N) is 2. The van der Waals surface area contributed by atoms with Gasteiger partial charge in [0.15, 0.2) is 5.69 Å². The number of aromatic nitrogens is 2. The zero-order chi connectivity index (χ0) is 16.7. The van der Waals surface area contributed by atoms with Gasteiger partial charge in [-0.3, -0.25) is 0 Å². The molecule has 2 aromatic heterocycles. The first-order valence-electron chi connectivity index (χ1n) is 7.06. The lowest BCUT2D eigenvalue weighted by atomic mass is 10.1. The van der Waals surface area contributed by atoms with E-state index < -0.39 is 5.97 Å². The number of esters is 1. The Hall–Kier alpha value is -3.20. The van der Waals surface area contributed by atoms with Crippen molar-refractivity contribution in [2.45, 2.75) is 13.8 Å². The van der Waals surface area contributed by atoms with Gasteiger partial charge in [0.25, 0.3) is 0 Å². The monoisotopic (exact) mass is 308 g/mol. The number of ether oxygens (including phenoxy) is 1. The van der Waals surface area contributed by atoms with Crippen LogP contribution in [0.5, 0.6) is 0 Å². The van der Waals surface area contributed by atoms with Crippen LogP contribution in [0, 0.1) is 25.2 Å². The zero-order valence-electron chi connectivity index (χ0n) is 13.1. The van der Waals surface area contributed by atoms with Crippen molar-refractivity contribution >= 4 is 22.6 Å². The number of anilines is 1. The van der Waals surface area contributed by atoms with Gasteiger partial charge in [0.1, 0.15) is 6.07 Å². The number of hydrogen-bond acceptors (Lipinski definition) is 4. The summed E-state index contributed by atoms with van der Waals surface area (Å²) in [6, 6.07) is 7.76. The summed E-state index contributed by atoms with van der Waals surface area (Å²) >= 11 is 0. The summed E-state index contributed by atoms with van der Waals surface area (Å²) in [5, 5.41) is 10.2. The molecule has 0 radical (unpaired) electrons. The first kappa shape index (κ1) is 14.7. The Morgan fingerprint density at radius 1 is 1.39 bits per heavy atom. The number of H-pyrrole nitrogens is 1. The second-order valence-electron chi connectivity index (χ2n) is 5.38. The number of methoxy groups -OCH3 is 1. The Morgan fingerprint density at radius 2 is 2.13 bits per heavy atom. The van der Waals surface area contributed by atoms with Crippen molar-refractivity contribution in [1.82, 2.24) is 9.55 Å². The quantitative estimate of drug-likeness (QED) is 0.711. The van der Waals surface area contributed by atoms with Crippen LogP contribution in [0.15, 0.2) is 24.4 Å². The van der Waals surface area contributed by atoms with Gasteiger partial charge in [0, 0.05) is 28.5 Å². The van der Waals surface area contributed by atoms with E-state index in [4.69, 9.17) is 10.5 Å². The first-order chi connectivity index (χ1) is 11.0. The zero-order valence-corrected chi connectivity index (χ0v) is 13.1. The predicted molar refractivity (Wildman–Crippen MR) is 87.6 cm³/mol. The summed E-state index contributed by atoms with van der Waals surface area (Å²) in [7, 11) is 1.29. The second-order valence-corrected chi connectivity index (χ2v) is 5.38. The number of aryl methyl sites for hydroxylation is 2. The van der Waals surface area contributed by atoms with E-state index in [0.717, 1.165) is 27.8 Å². The lowest BCUT2D eigenvalue weighted by Gasteiger charge is -2.09. The average molecular weight is 308 g/mol. The van der Waals surface area contributed by atoms with Gasteiger partial charge in [-0.2, -0.15) is 5.26 Å². The molecule has 0 saturated heterocycles. The Bertz CT molecular complexity index is 973. The van der Waals surface area contributed by atoms with Gasteiger partial charge in [0.2, 0.25) is 0 Å². The van der Waals surface area contributed by atoms with Gasteiger partial charge >= 0.3 is 5.97 Å². The predicted octanol–water partition coefficient (Wildman–Crippen LogP) is 2.82. The number of carbonyl (C=O) groups is 1. The third-order valence-corrected chi connectivity index (χ3v) is 4.11. The topological polar surface area (TPSA) is 96.8 Å². The minimum atomic E-state index is -0.578. The lowest BCUT2D eigenvalue weighted by Crippen LogP contribution is -2.11. The summed E-state index contributed by atoms with van der Waals surface area (Å²) in [6.07, 6.45) is 1.55. The highest BCUT2D eigenvalue weighted by atomic mass is 16.5. The molecule has 0 bridgehead atoms. The number of nitrogens with one attached hydrogen (secondary N) is 1. The molecule has 6 heteroatoms. The number of nitriles is 1. The molecule has 0 unspecified atom stereocenters. The van der Waals surface area contributed by atoms with Crippen LogP contribution in [0.3, 0.4) is 0 Å². The molecule has 0 amide bonds. The number of hydrogen-bond donors (Lipinski definition) is 2. The van der Waals surface area contributed by atoms with Gasteiger partial charge in [-0.05, 0) is 37.6 Å². The van der Waals surface area contributed by atoms with Crippen molar-refractivity contribution in [1.29, 1.82) is 5.26 Å². The largest absolute Gasteiger partial charge is 0.464 e. The fourth-order valence-electron chi connectivity index (χ4n) is 2.72. The van der Waals surface area contributed by atoms with Crippen molar-refractivity contribution in [3.8, 4) is 11.8 Å². The van der Waals surface area contributed by atoms with Crippen LogP contribution in [0.4, 0.5) is 5.69 Å². The number of fused-ring (bicyclic) bond motifs is 1. The van der Waals surface area contributed by atoms with Crippen LogP contribution in [-0.2, 0) is 4.74 Å². The van der Waals surface area contributed by atoms with E-state index in [0.29, 0.717) is 0 Å². The van der Waals surface area contributed by atoms with E-state index in [2.05, 4.69) is 4.98 Å². The van der Waals surface area contributed by atoms with Crippen molar-refractivity contribution in [3.05, 3.63) is 46.9 Å². The number of aromatic amines is 1. The summed E-state index contributed by atoms with van der Waals surface area (Å²) in [5.74, 6) is -0.578. The van der Waals surface area contributed by atoms with Gasteiger partial charge in [0.05, 0.1) is 18.4 Å². The first-order valence-corrected chi connectivity index (χ1v) is 7.06. The molecular weight excluding hydrogens is 292 g/mol. The number of nitrogen functional groups attached to an aromatic ring is 1. The lowest BCUT2D eigenvalue weighted by molar-refractivity contribution is 0.0593. The maximum absolute atomic E-state index is 12.1. The van der Waals surface area contributed by atoms with E-state index in [-0.39, 0.29) is 16.9 Å². The number of nitrogens with two attached hydrogens (primary N) is 1. The van der Waals surface area contributed by atoms with Crippen LogP contribution < -0.4 is 5.73 Å². The third-order valence-electron chi connectivity index (χ3n) is 4.11. The minimum absolute atomic E-state index is 0.126. The Balaban J connectivity index is 2.28. The molecule has 0 aliphatic carbocycles. The van der Waals surface area contributed by atoms with Crippen LogP contribution in [-0.4, -0.2) is 22.6 Å². The molecular formula is C17H16N4O2. The summed E-state index contributed by atoms with van der Waals surface area (Å²) in [5.41, 5.74) is 10.4. The van der Waals surface area contributed by atoms with E-state index in [1.54, 1.807) is 10.8 Å². The van der Waals surface area contributed by atoms with Crippen molar-refractivity contribution in [2.75, 3.05) is 12.8 Å². The molecule has 0 spiro atoms. The normalized spacial score (nSPS) is 10.7. The van der Waals surface area contributed by atoms with Gasteiger partial charge < -0.3 is 20.0 Å². The molecule has 6 nitrogen and oxygen atoms in total. The van der Waals surface area contributed by atoms with Gasteiger partial charge in [-0.25, -0.2) is 4.79 Å². The fourth-order valence-corrected chi connectivity index (χ4v) is 2.72. The van der Waals surface area contributed by atoms with E-state index in [1.165, 1.54) is 7.11 Å². The van der Waals surface area contributed by atoms with Crippen LogP contribution >= 0.6 is 0 Å². The molecule has 0 fully saturated rings. The number of rotatable bonds is 2. The molecule has 0 saturated carbocycles. The molecule has 0 aliphatic rings. The molecule has 2 heterocycles. The maximum Gasteiger partial charge on any atom is 0.357 e. The highest BCUT2D eigenvalue weighted by Gasteiger charge is 2.22. The van der Waals surface area contributed by atoms with Crippen molar-refractivity contribution in [2.24, 2.45) is 0 Å². The molecule has 23 heavy (non-hydrogen) atoms. The fraction of sp³-hybridized carbons (Fsp3) is 0.176. The highest BCUT2D eigenvalue weighted by molar-refractivity contribution is 5.96. The second kappa shape index (κ2) is 5.21. The van der Waals surface area contributed by atoms with E-state index in [9.17, 15) is 10.1 Å². The standard InChI is InChI=1S/C17H16N4O2/c1-9-10(2)20-14-5-4-12(6-13(9)14)21-8-11(7-18)15(19)16(21)17(22)23-3/h4-6,8,20H,19H2,1-3H3. The van der Waals surface area contributed by atoms with Crippen LogP contribution in [0.2, 0.25) is 0 Å². The summed E-state index contributed by atoms with van der Waals surface area (Å²) in [4.78, 5) is 15.4. The van der Waals surface area contributed by atoms with Crippen LogP contribution in [0.25, 0.3) is 16.6 Å². The van der Waals surface area contributed by atoms with Gasteiger partial charge in [-0.15, -0.1) is 0 Å². The smallest absolute Gasteiger partial charge is 0.357 e. The third kappa shape index (κ3) is 2.14. The Kier molecular flexibility index (Phi) is 3.34.